The molecular weight excluding hydrogens is 380 g/mol. The van der Waals surface area contributed by atoms with Crippen LogP contribution in [0.15, 0.2) is 47.3 Å². The first-order chi connectivity index (χ1) is 14.6. The highest BCUT2D eigenvalue weighted by Crippen LogP contribution is 2.16. The maximum absolute atomic E-state index is 12.8. The molecule has 1 aliphatic heterocycles. The number of amides is 2. The van der Waals surface area contributed by atoms with Crippen LogP contribution in [0.5, 0.6) is 0 Å². The summed E-state index contributed by atoms with van der Waals surface area (Å²) in [5, 5.41) is 0.497. The number of carbonyl (C=O) groups excluding carboxylic acids is 2. The van der Waals surface area contributed by atoms with Gasteiger partial charge in [-0.3, -0.25) is 29.8 Å². The third kappa shape index (κ3) is 3.96. The topological polar surface area (TPSA) is 93.1 Å². The molecule has 7 heteroatoms. The lowest BCUT2D eigenvalue weighted by Gasteiger charge is -2.11. The zero-order valence-corrected chi connectivity index (χ0v) is 16.9. The van der Waals surface area contributed by atoms with Gasteiger partial charge in [-0.05, 0) is 55.2 Å². The molecular formula is C23H24N4O3. The molecule has 0 bridgehead atoms. The predicted octanol–water partition coefficient (Wildman–Crippen LogP) is 2.76. The number of carbonyl (C=O) groups is 2. The summed E-state index contributed by atoms with van der Waals surface area (Å²) >= 11 is 0. The van der Waals surface area contributed by atoms with E-state index in [2.05, 4.69) is 15.8 Å². The number of fused-ring (bicyclic) bond motifs is 2. The van der Waals surface area contributed by atoms with Gasteiger partial charge in [0, 0.05) is 24.1 Å². The van der Waals surface area contributed by atoms with Crippen LogP contribution in [0, 0.1) is 0 Å². The zero-order valence-electron chi connectivity index (χ0n) is 16.9. The van der Waals surface area contributed by atoms with E-state index >= 15 is 0 Å². The fourth-order valence-corrected chi connectivity index (χ4v) is 3.71. The number of hydrazine groups is 1. The van der Waals surface area contributed by atoms with E-state index in [1.807, 2.05) is 19.1 Å². The van der Waals surface area contributed by atoms with Crippen LogP contribution in [0.2, 0.25) is 0 Å². The van der Waals surface area contributed by atoms with Crippen LogP contribution in [0.25, 0.3) is 10.9 Å². The van der Waals surface area contributed by atoms with Crippen LogP contribution in [0.3, 0.4) is 0 Å². The van der Waals surface area contributed by atoms with Crippen molar-refractivity contribution < 1.29 is 9.59 Å². The summed E-state index contributed by atoms with van der Waals surface area (Å²) in [5.41, 5.74) is 7.22. The Morgan fingerprint density at radius 2 is 1.67 bits per heavy atom. The Labute approximate surface area is 174 Å². The van der Waals surface area contributed by atoms with Crippen molar-refractivity contribution in [2.45, 2.75) is 45.6 Å². The molecule has 0 spiro atoms. The van der Waals surface area contributed by atoms with E-state index in [0.29, 0.717) is 28.6 Å². The Kier molecular flexibility index (Phi) is 5.61. The van der Waals surface area contributed by atoms with Crippen LogP contribution >= 0.6 is 0 Å². The third-order valence-corrected chi connectivity index (χ3v) is 5.49. The average molecular weight is 404 g/mol. The molecule has 4 rings (SSSR count). The molecule has 0 aliphatic carbocycles. The van der Waals surface area contributed by atoms with E-state index in [1.165, 1.54) is 0 Å². The van der Waals surface area contributed by atoms with E-state index in [-0.39, 0.29) is 5.56 Å². The fraction of sp³-hybridized carbons (Fsp3) is 0.304. The maximum atomic E-state index is 12.8. The molecule has 2 aromatic carbocycles. The first-order valence-electron chi connectivity index (χ1n) is 10.3. The molecule has 3 aromatic rings. The van der Waals surface area contributed by atoms with Gasteiger partial charge in [-0.15, -0.1) is 0 Å². The SMILES string of the molecule is CCc1ccc(C(=O)NNC(=O)c2ccc3c(=O)n4c(nc3c2)CCCCC4)cc1. The van der Waals surface area contributed by atoms with Crippen molar-refractivity contribution in [1.82, 2.24) is 20.4 Å². The molecule has 2 N–H and O–H groups in total. The second kappa shape index (κ2) is 8.49. The number of hydrogen-bond acceptors (Lipinski definition) is 4. The fourth-order valence-electron chi connectivity index (χ4n) is 3.71. The monoisotopic (exact) mass is 404 g/mol. The van der Waals surface area contributed by atoms with Gasteiger partial charge in [0.25, 0.3) is 17.4 Å². The second-order valence-electron chi connectivity index (χ2n) is 7.49. The van der Waals surface area contributed by atoms with Crippen molar-refractivity contribution in [2.24, 2.45) is 0 Å². The van der Waals surface area contributed by atoms with Gasteiger partial charge >= 0.3 is 0 Å². The van der Waals surface area contributed by atoms with Crippen LogP contribution in [0.4, 0.5) is 0 Å². The number of nitrogens with one attached hydrogen (secondary N) is 2. The van der Waals surface area contributed by atoms with Crippen molar-refractivity contribution >= 4 is 22.7 Å². The summed E-state index contributed by atoms with van der Waals surface area (Å²) in [4.78, 5) is 42.2. The van der Waals surface area contributed by atoms with E-state index in [0.717, 1.165) is 43.5 Å². The van der Waals surface area contributed by atoms with Gasteiger partial charge in [0.15, 0.2) is 0 Å². The predicted molar refractivity (Wildman–Crippen MR) is 114 cm³/mol. The summed E-state index contributed by atoms with van der Waals surface area (Å²) in [7, 11) is 0. The molecule has 154 valence electrons. The van der Waals surface area contributed by atoms with E-state index in [1.54, 1.807) is 34.9 Å². The van der Waals surface area contributed by atoms with Gasteiger partial charge in [0.2, 0.25) is 0 Å². The van der Waals surface area contributed by atoms with E-state index in [9.17, 15) is 14.4 Å². The van der Waals surface area contributed by atoms with E-state index in [4.69, 9.17) is 0 Å². The van der Waals surface area contributed by atoms with Crippen molar-refractivity contribution in [3.8, 4) is 0 Å². The number of nitrogens with zero attached hydrogens (tertiary/aromatic N) is 2. The van der Waals surface area contributed by atoms with Crippen LogP contribution in [-0.4, -0.2) is 21.4 Å². The highest BCUT2D eigenvalue weighted by molar-refractivity contribution is 6.00. The second-order valence-corrected chi connectivity index (χ2v) is 7.49. The molecule has 7 nitrogen and oxygen atoms in total. The molecule has 0 unspecified atom stereocenters. The first kappa shape index (κ1) is 19.8. The summed E-state index contributed by atoms with van der Waals surface area (Å²) in [6.07, 6.45) is 4.70. The van der Waals surface area contributed by atoms with Crippen LogP contribution in [0.1, 0.15) is 58.3 Å². The quantitative estimate of drug-likeness (QED) is 0.657. The minimum Gasteiger partial charge on any atom is -0.296 e. The van der Waals surface area contributed by atoms with Gasteiger partial charge in [-0.1, -0.05) is 25.5 Å². The van der Waals surface area contributed by atoms with Crippen LogP contribution < -0.4 is 16.4 Å². The van der Waals surface area contributed by atoms with Crippen molar-refractivity contribution in [2.75, 3.05) is 0 Å². The molecule has 0 radical (unpaired) electrons. The van der Waals surface area contributed by atoms with Crippen LogP contribution in [-0.2, 0) is 19.4 Å². The van der Waals surface area contributed by atoms with E-state index < -0.39 is 11.8 Å². The van der Waals surface area contributed by atoms with Crippen molar-refractivity contribution in [3.05, 3.63) is 75.3 Å². The largest absolute Gasteiger partial charge is 0.296 e. The van der Waals surface area contributed by atoms with Gasteiger partial charge in [-0.25, -0.2) is 4.98 Å². The Morgan fingerprint density at radius 1 is 0.967 bits per heavy atom. The minimum atomic E-state index is -0.465. The lowest BCUT2D eigenvalue weighted by atomic mass is 10.1. The standard InChI is InChI=1S/C23H24N4O3/c1-2-15-7-9-16(10-8-15)21(28)25-26-22(29)17-11-12-18-19(14-17)24-20-6-4-3-5-13-27(20)23(18)30/h7-12,14H,2-6,13H2,1H3,(H,25,28)(H,26,29). The number of hydrogen-bond donors (Lipinski definition) is 2. The zero-order chi connectivity index (χ0) is 21.1. The summed E-state index contributed by atoms with van der Waals surface area (Å²) < 4.78 is 1.75. The smallest absolute Gasteiger partial charge is 0.269 e. The Bertz CT molecular complexity index is 1170. The molecule has 30 heavy (non-hydrogen) atoms. The number of rotatable bonds is 3. The Hall–Kier alpha value is -3.48. The lowest BCUT2D eigenvalue weighted by Crippen LogP contribution is -2.41. The molecule has 0 saturated heterocycles. The highest BCUT2D eigenvalue weighted by Gasteiger charge is 2.16. The number of aromatic nitrogens is 2. The van der Waals surface area contributed by atoms with Crippen molar-refractivity contribution in [3.63, 3.8) is 0 Å². The molecule has 0 fully saturated rings. The first-order valence-corrected chi connectivity index (χ1v) is 10.3. The Morgan fingerprint density at radius 3 is 2.40 bits per heavy atom. The molecule has 2 amide bonds. The molecule has 1 aromatic heterocycles. The average Bonchev–Trinajstić information content (AvgIpc) is 3.02. The van der Waals surface area contributed by atoms with Gasteiger partial charge in [0.1, 0.15) is 5.82 Å². The number of aryl methyl sites for hydroxylation is 2. The normalized spacial score (nSPS) is 13.4. The Balaban J connectivity index is 1.51. The molecule has 1 aliphatic rings. The molecule has 0 atom stereocenters. The third-order valence-electron chi connectivity index (χ3n) is 5.49. The summed E-state index contributed by atoms with van der Waals surface area (Å²) in [5.74, 6) is -0.0906. The van der Waals surface area contributed by atoms with Crippen molar-refractivity contribution in [1.29, 1.82) is 0 Å². The van der Waals surface area contributed by atoms with Gasteiger partial charge in [-0.2, -0.15) is 0 Å². The van der Waals surface area contributed by atoms with Gasteiger partial charge in [0.05, 0.1) is 10.9 Å². The summed E-state index contributed by atoms with van der Waals surface area (Å²) in [6.45, 7) is 2.73. The molecule has 2 heterocycles. The van der Waals surface area contributed by atoms with Gasteiger partial charge < -0.3 is 0 Å². The molecule has 0 saturated carbocycles. The summed E-state index contributed by atoms with van der Waals surface area (Å²) in [6, 6.07) is 12.0. The number of benzene rings is 2. The maximum Gasteiger partial charge on any atom is 0.269 e. The minimum absolute atomic E-state index is 0.0623. The lowest BCUT2D eigenvalue weighted by molar-refractivity contribution is 0.0847. The highest BCUT2D eigenvalue weighted by atomic mass is 16.2.